The Hall–Kier alpha value is -1.07. The van der Waals surface area contributed by atoms with Crippen LogP contribution >= 0.6 is 34.8 Å². The molecule has 4 nitrogen and oxygen atoms in total. The summed E-state index contributed by atoms with van der Waals surface area (Å²) in [4.78, 5) is 0. The Morgan fingerprint density at radius 2 is 1.80 bits per heavy atom. The van der Waals surface area contributed by atoms with Gasteiger partial charge in [0.05, 0.1) is 20.8 Å². The SMILES string of the molecule is CCNCc1ccc(Oc2cc(Cl)c(Cl)cc2Cl)nn1. The van der Waals surface area contributed by atoms with Gasteiger partial charge in [0.25, 0.3) is 0 Å². The Kier molecular flexibility index (Phi) is 5.43. The lowest BCUT2D eigenvalue weighted by atomic mass is 10.3. The smallest absolute Gasteiger partial charge is 0.238 e. The molecule has 1 aromatic carbocycles. The molecule has 7 heteroatoms. The van der Waals surface area contributed by atoms with E-state index in [0.717, 1.165) is 12.2 Å². The van der Waals surface area contributed by atoms with E-state index in [4.69, 9.17) is 39.5 Å². The van der Waals surface area contributed by atoms with Gasteiger partial charge in [-0.05, 0) is 18.7 Å². The number of halogens is 3. The monoisotopic (exact) mass is 331 g/mol. The van der Waals surface area contributed by atoms with Gasteiger partial charge in [-0.25, -0.2) is 0 Å². The first-order chi connectivity index (χ1) is 9.60. The number of aromatic nitrogens is 2. The van der Waals surface area contributed by atoms with Crippen LogP contribution in [0.1, 0.15) is 12.6 Å². The molecule has 0 radical (unpaired) electrons. The van der Waals surface area contributed by atoms with Crippen molar-refractivity contribution in [3.8, 4) is 11.6 Å². The van der Waals surface area contributed by atoms with Gasteiger partial charge in [0.1, 0.15) is 5.75 Å². The van der Waals surface area contributed by atoms with Crippen molar-refractivity contribution in [2.75, 3.05) is 6.54 Å². The van der Waals surface area contributed by atoms with Crippen molar-refractivity contribution >= 4 is 34.8 Å². The minimum Gasteiger partial charge on any atom is -0.436 e. The van der Waals surface area contributed by atoms with Crippen LogP contribution in [0.5, 0.6) is 11.6 Å². The second kappa shape index (κ2) is 7.09. The summed E-state index contributed by atoms with van der Waals surface area (Å²) in [5, 5.41) is 12.3. The van der Waals surface area contributed by atoms with E-state index in [9.17, 15) is 0 Å². The Bertz CT molecular complexity index is 590. The maximum Gasteiger partial charge on any atom is 0.238 e. The third-order valence-electron chi connectivity index (χ3n) is 2.44. The highest BCUT2D eigenvalue weighted by Gasteiger charge is 2.09. The number of rotatable bonds is 5. The molecule has 20 heavy (non-hydrogen) atoms. The first-order valence-corrected chi connectivity index (χ1v) is 7.09. The van der Waals surface area contributed by atoms with E-state index in [2.05, 4.69) is 15.5 Å². The fourth-order valence-electron chi connectivity index (χ4n) is 1.44. The average Bonchev–Trinajstić information content (AvgIpc) is 2.44. The van der Waals surface area contributed by atoms with Crippen molar-refractivity contribution in [3.63, 3.8) is 0 Å². The number of nitrogens with one attached hydrogen (secondary N) is 1. The van der Waals surface area contributed by atoms with Crippen molar-refractivity contribution in [1.29, 1.82) is 0 Å². The highest BCUT2D eigenvalue weighted by Crippen LogP contribution is 2.35. The lowest BCUT2D eigenvalue weighted by molar-refractivity contribution is 0.453. The molecular weight excluding hydrogens is 321 g/mol. The third kappa shape index (κ3) is 3.96. The van der Waals surface area contributed by atoms with Crippen LogP contribution in [0.25, 0.3) is 0 Å². The molecule has 1 aromatic heterocycles. The molecule has 0 unspecified atom stereocenters. The van der Waals surface area contributed by atoms with Crippen molar-refractivity contribution < 1.29 is 4.74 Å². The number of hydrogen-bond donors (Lipinski definition) is 1. The minimum absolute atomic E-state index is 0.338. The molecule has 2 aromatic rings. The molecule has 0 fully saturated rings. The van der Waals surface area contributed by atoms with Gasteiger partial charge in [0.15, 0.2) is 0 Å². The number of benzene rings is 1. The van der Waals surface area contributed by atoms with Crippen molar-refractivity contribution in [3.05, 3.63) is 45.0 Å². The quantitative estimate of drug-likeness (QED) is 0.827. The van der Waals surface area contributed by atoms with Crippen LogP contribution in [0.15, 0.2) is 24.3 Å². The van der Waals surface area contributed by atoms with Crippen molar-refractivity contribution in [1.82, 2.24) is 15.5 Å². The van der Waals surface area contributed by atoms with Gasteiger partial charge in [-0.2, -0.15) is 5.10 Å². The summed E-state index contributed by atoms with van der Waals surface area (Å²) in [5.74, 6) is 0.723. The predicted molar refractivity (Wildman–Crippen MR) is 81.0 cm³/mol. The summed E-state index contributed by atoms with van der Waals surface area (Å²) in [7, 11) is 0. The Morgan fingerprint density at radius 1 is 1.05 bits per heavy atom. The first-order valence-electron chi connectivity index (χ1n) is 5.96. The van der Waals surface area contributed by atoms with Crippen LogP contribution in [0.4, 0.5) is 0 Å². The van der Waals surface area contributed by atoms with Gasteiger partial charge in [0, 0.05) is 18.7 Å². The van der Waals surface area contributed by atoms with Crippen molar-refractivity contribution in [2.24, 2.45) is 0 Å². The summed E-state index contributed by atoms with van der Waals surface area (Å²) < 4.78 is 5.54. The topological polar surface area (TPSA) is 47.0 Å². The van der Waals surface area contributed by atoms with Gasteiger partial charge in [0.2, 0.25) is 5.88 Å². The summed E-state index contributed by atoms with van der Waals surface area (Å²) in [6, 6.07) is 6.61. The molecule has 0 saturated carbocycles. The molecule has 106 valence electrons. The zero-order chi connectivity index (χ0) is 14.5. The zero-order valence-corrected chi connectivity index (χ0v) is 12.9. The summed E-state index contributed by atoms with van der Waals surface area (Å²) in [5.41, 5.74) is 0.833. The molecule has 0 aliphatic heterocycles. The van der Waals surface area contributed by atoms with E-state index in [-0.39, 0.29) is 0 Å². The summed E-state index contributed by atoms with van der Waals surface area (Å²) >= 11 is 17.8. The highest BCUT2D eigenvalue weighted by molar-refractivity contribution is 6.43. The van der Waals surface area contributed by atoms with Crippen LogP contribution in [0, 0.1) is 0 Å². The normalized spacial score (nSPS) is 10.6. The molecule has 0 spiro atoms. The number of ether oxygens (including phenoxy) is 1. The van der Waals surface area contributed by atoms with E-state index < -0.39 is 0 Å². The minimum atomic E-state index is 0.338. The predicted octanol–water partition coefficient (Wildman–Crippen LogP) is 4.34. The van der Waals surface area contributed by atoms with E-state index in [1.54, 1.807) is 12.1 Å². The Labute approximate surface area is 132 Å². The largest absolute Gasteiger partial charge is 0.436 e. The summed E-state index contributed by atoms with van der Waals surface area (Å²) in [6.07, 6.45) is 0. The van der Waals surface area contributed by atoms with E-state index in [1.807, 2.05) is 13.0 Å². The van der Waals surface area contributed by atoms with E-state index in [0.29, 0.717) is 33.2 Å². The van der Waals surface area contributed by atoms with Crippen LogP contribution in [0.3, 0.4) is 0 Å². The standard InChI is InChI=1S/C13H12Cl3N3O/c1-2-17-7-8-3-4-13(19-18-8)20-12-6-10(15)9(14)5-11(12)16/h3-6,17H,2,7H2,1H3. The Balaban J connectivity index is 2.12. The fourth-order valence-corrected chi connectivity index (χ4v) is 2.02. The molecule has 0 bridgehead atoms. The molecule has 2 rings (SSSR count). The second-order valence-electron chi connectivity index (χ2n) is 3.94. The molecule has 0 amide bonds. The molecule has 0 aliphatic carbocycles. The van der Waals surface area contributed by atoms with Crippen LogP contribution in [0.2, 0.25) is 15.1 Å². The summed E-state index contributed by atoms with van der Waals surface area (Å²) in [6.45, 7) is 3.56. The third-order valence-corrected chi connectivity index (χ3v) is 3.46. The van der Waals surface area contributed by atoms with Gasteiger partial charge in [-0.15, -0.1) is 5.10 Å². The van der Waals surface area contributed by atoms with Gasteiger partial charge >= 0.3 is 0 Å². The van der Waals surface area contributed by atoms with Crippen molar-refractivity contribution in [2.45, 2.75) is 13.5 Å². The zero-order valence-electron chi connectivity index (χ0n) is 10.7. The lowest BCUT2D eigenvalue weighted by Gasteiger charge is -2.08. The first kappa shape index (κ1) is 15.3. The second-order valence-corrected chi connectivity index (χ2v) is 5.16. The van der Waals surface area contributed by atoms with E-state index in [1.165, 1.54) is 6.07 Å². The molecule has 1 N–H and O–H groups in total. The molecule has 1 heterocycles. The molecule has 0 atom stereocenters. The average molecular weight is 333 g/mol. The lowest BCUT2D eigenvalue weighted by Crippen LogP contribution is -2.13. The van der Waals surface area contributed by atoms with Gasteiger partial charge in [-0.3, -0.25) is 0 Å². The highest BCUT2D eigenvalue weighted by atomic mass is 35.5. The maximum atomic E-state index is 6.02. The molecule has 0 saturated heterocycles. The maximum absolute atomic E-state index is 6.02. The van der Waals surface area contributed by atoms with Gasteiger partial charge in [-0.1, -0.05) is 41.7 Å². The molecular formula is C13H12Cl3N3O. The van der Waals surface area contributed by atoms with Crippen LogP contribution < -0.4 is 10.1 Å². The fraction of sp³-hybridized carbons (Fsp3) is 0.231. The Morgan fingerprint density at radius 3 is 2.45 bits per heavy atom. The van der Waals surface area contributed by atoms with Crippen LogP contribution in [-0.4, -0.2) is 16.7 Å². The number of nitrogens with zero attached hydrogens (tertiary/aromatic N) is 2. The molecule has 0 aliphatic rings. The van der Waals surface area contributed by atoms with E-state index >= 15 is 0 Å². The number of hydrogen-bond acceptors (Lipinski definition) is 4. The van der Waals surface area contributed by atoms with Crippen LogP contribution in [-0.2, 0) is 6.54 Å². The van der Waals surface area contributed by atoms with Gasteiger partial charge < -0.3 is 10.1 Å².